The molecule has 1 aromatic heterocycles. The number of nitrogens with zero attached hydrogens (tertiary/aromatic N) is 2. The van der Waals surface area contributed by atoms with Gasteiger partial charge in [-0.05, 0) is 48.4 Å². The summed E-state index contributed by atoms with van der Waals surface area (Å²) in [6, 6.07) is 12.6. The SMILES string of the molecule is CN=C(NCCc1nc(C)c(C)s1)NCc1ccc2cc(OC)ccc2c1. The number of rotatable bonds is 6. The molecule has 0 fully saturated rings. The molecular weight excluding hydrogens is 356 g/mol. The van der Waals surface area contributed by atoms with Crippen LogP contribution in [-0.2, 0) is 13.0 Å². The molecule has 0 bridgehead atoms. The van der Waals surface area contributed by atoms with E-state index in [1.165, 1.54) is 21.2 Å². The lowest BCUT2D eigenvalue weighted by atomic mass is 10.1. The third-order valence-electron chi connectivity index (χ3n) is 4.50. The summed E-state index contributed by atoms with van der Waals surface area (Å²) in [5.74, 6) is 1.68. The van der Waals surface area contributed by atoms with Gasteiger partial charge in [-0.15, -0.1) is 11.3 Å². The van der Waals surface area contributed by atoms with Crippen LogP contribution in [0.15, 0.2) is 41.4 Å². The average molecular weight is 383 g/mol. The summed E-state index contributed by atoms with van der Waals surface area (Å²) in [4.78, 5) is 10.2. The third kappa shape index (κ3) is 4.98. The van der Waals surface area contributed by atoms with Crippen molar-refractivity contribution >= 4 is 28.1 Å². The van der Waals surface area contributed by atoms with Crippen molar-refractivity contribution in [1.82, 2.24) is 15.6 Å². The second-order valence-corrected chi connectivity index (χ2v) is 7.69. The first kappa shape index (κ1) is 19.2. The second kappa shape index (κ2) is 8.86. The Morgan fingerprint density at radius 3 is 2.59 bits per heavy atom. The van der Waals surface area contributed by atoms with E-state index in [0.717, 1.165) is 41.9 Å². The highest BCUT2D eigenvalue weighted by atomic mass is 32.1. The maximum atomic E-state index is 5.28. The van der Waals surface area contributed by atoms with Crippen LogP contribution in [-0.4, -0.2) is 31.6 Å². The molecule has 1 heterocycles. The summed E-state index contributed by atoms with van der Waals surface area (Å²) in [5, 5.41) is 10.3. The van der Waals surface area contributed by atoms with Crippen LogP contribution >= 0.6 is 11.3 Å². The van der Waals surface area contributed by atoms with Gasteiger partial charge in [-0.25, -0.2) is 4.98 Å². The lowest BCUT2D eigenvalue weighted by Crippen LogP contribution is -2.37. The zero-order valence-electron chi connectivity index (χ0n) is 16.3. The molecule has 6 heteroatoms. The Balaban J connectivity index is 1.53. The highest BCUT2D eigenvalue weighted by Gasteiger charge is 2.05. The number of hydrogen-bond donors (Lipinski definition) is 2. The normalized spacial score (nSPS) is 11.6. The zero-order valence-corrected chi connectivity index (χ0v) is 17.1. The van der Waals surface area contributed by atoms with Gasteiger partial charge in [0.1, 0.15) is 5.75 Å². The van der Waals surface area contributed by atoms with Crippen molar-refractivity contribution in [2.45, 2.75) is 26.8 Å². The molecule has 0 atom stereocenters. The van der Waals surface area contributed by atoms with Gasteiger partial charge in [-0.1, -0.05) is 18.2 Å². The third-order valence-corrected chi connectivity index (χ3v) is 5.63. The number of hydrogen-bond acceptors (Lipinski definition) is 4. The minimum absolute atomic E-state index is 0.719. The van der Waals surface area contributed by atoms with E-state index in [0.29, 0.717) is 0 Å². The van der Waals surface area contributed by atoms with Gasteiger partial charge in [0, 0.05) is 31.4 Å². The van der Waals surface area contributed by atoms with Gasteiger partial charge in [0.25, 0.3) is 0 Å². The molecule has 0 spiro atoms. The molecule has 27 heavy (non-hydrogen) atoms. The Bertz CT molecular complexity index is 929. The Hall–Kier alpha value is -2.60. The van der Waals surface area contributed by atoms with E-state index < -0.39 is 0 Å². The van der Waals surface area contributed by atoms with Crippen molar-refractivity contribution in [1.29, 1.82) is 0 Å². The van der Waals surface area contributed by atoms with Gasteiger partial charge in [0.15, 0.2) is 5.96 Å². The summed E-state index contributed by atoms with van der Waals surface area (Å²) < 4.78 is 5.28. The van der Waals surface area contributed by atoms with E-state index in [1.807, 2.05) is 6.07 Å². The molecule has 0 aliphatic carbocycles. The number of methoxy groups -OCH3 is 1. The van der Waals surface area contributed by atoms with Crippen molar-refractivity contribution in [3.63, 3.8) is 0 Å². The summed E-state index contributed by atoms with van der Waals surface area (Å²) >= 11 is 1.77. The van der Waals surface area contributed by atoms with Gasteiger partial charge in [0.05, 0.1) is 17.8 Å². The minimum Gasteiger partial charge on any atom is -0.497 e. The first-order valence-corrected chi connectivity index (χ1v) is 9.85. The van der Waals surface area contributed by atoms with Gasteiger partial charge < -0.3 is 15.4 Å². The fourth-order valence-corrected chi connectivity index (χ4v) is 3.78. The Morgan fingerprint density at radius 1 is 1.11 bits per heavy atom. The maximum absolute atomic E-state index is 5.28. The first-order chi connectivity index (χ1) is 13.1. The van der Waals surface area contributed by atoms with Gasteiger partial charge >= 0.3 is 0 Å². The molecule has 0 saturated carbocycles. The first-order valence-electron chi connectivity index (χ1n) is 9.03. The molecule has 0 saturated heterocycles. The Kier molecular flexibility index (Phi) is 6.29. The van der Waals surface area contributed by atoms with Crippen molar-refractivity contribution in [2.24, 2.45) is 4.99 Å². The van der Waals surface area contributed by atoms with Crippen LogP contribution < -0.4 is 15.4 Å². The Morgan fingerprint density at radius 2 is 1.89 bits per heavy atom. The van der Waals surface area contributed by atoms with E-state index in [2.05, 4.69) is 64.8 Å². The molecule has 3 rings (SSSR count). The number of guanidine groups is 1. The van der Waals surface area contributed by atoms with Crippen LogP contribution in [0.25, 0.3) is 10.8 Å². The highest BCUT2D eigenvalue weighted by molar-refractivity contribution is 7.11. The molecule has 0 radical (unpaired) electrons. The quantitative estimate of drug-likeness (QED) is 0.502. The number of aromatic nitrogens is 1. The number of ether oxygens (including phenoxy) is 1. The molecule has 2 N–H and O–H groups in total. The second-order valence-electron chi connectivity index (χ2n) is 6.40. The molecule has 2 aromatic carbocycles. The van der Waals surface area contributed by atoms with Crippen LogP contribution in [0.5, 0.6) is 5.75 Å². The van der Waals surface area contributed by atoms with Crippen molar-refractivity contribution in [2.75, 3.05) is 20.7 Å². The smallest absolute Gasteiger partial charge is 0.191 e. The minimum atomic E-state index is 0.719. The number of aliphatic imine (C=N–C) groups is 1. The van der Waals surface area contributed by atoms with Gasteiger partial charge in [-0.2, -0.15) is 0 Å². The number of fused-ring (bicyclic) bond motifs is 1. The molecule has 3 aromatic rings. The van der Waals surface area contributed by atoms with E-state index in [1.54, 1.807) is 25.5 Å². The van der Waals surface area contributed by atoms with Crippen LogP contribution in [0.2, 0.25) is 0 Å². The van der Waals surface area contributed by atoms with E-state index in [9.17, 15) is 0 Å². The number of benzene rings is 2. The van der Waals surface area contributed by atoms with Gasteiger partial charge in [-0.3, -0.25) is 4.99 Å². The molecule has 0 amide bonds. The van der Waals surface area contributed by atoms with Gasteiger partial charge in [0.2, 0.25) is 0 Å². The van der Waals surface area contributed by atoms with E-state index >= 15 is 0 Å². The predicted molar refractivity (Wildman–Crippen MR) is 114 cm³/mol. The Labute approximate surface area is 164 Å². The molecule has 5 nitrogen and oxygen atoms in total. The average Bonchev–Trinajstić information content (AvgIpc) is 3.01. The van der Waals surface area contributed by atoms with Crippen LogP contribution in [0.1, 0.15) is 21.1 Å². The fourth-order valence-electron chi connectivity index (χ4n) is 2.85. The summed E-state index contributed by atoms with van der Waals surface area (Å²) in [6.45, 7) is 5.70. The van der Waals surface area contributed by atoms with Crippen molar-refractivity contribution in [3.8, 4) is 5.75 Å². The maximum Gasteiger partial charge on any atom is 0.191 e. The zero-order chi connectivity index (χ0) is 19.2. The fraction of sp³-hybridized carbons (Fsp3) is 0.333. The summed E-state index contributed by atoms with van der Waals surface area (Å²) in [7, 11) is 3.48. The van der Waals surface area contributed by atoms with Crippen LogP contribution in [0.3, 0.4) is 0 Å². The topological polar surface area (TPSA) is 58.5 Å². The van der Waals surface area contributed by atoms with Crippen LogP contribution in [0.4, 0.5) is 0 Å². The molecular formula is C21H26N4OS. The molecule has 142 valence electrons. The summed E-state index contributed by atoms with van der Waals surface area (Å²) in [6.07, 6.45) is 0.901. The molecule has 0 aliphatic rings. The van der Waals surface area contributed by atoms with Crippen molar-refractivity contribution in [3.05, 3.63) is 57.5 Å². The monoisotopic (exact) mass is 382 g/mol. The molecule has 0 unspecified atom stereocenters. The number of thiazole rings is 1. The van der Waals surface area contributed by atoms with E-state index in [-0.39, 0.29) is 0 Å². The van der Waals surface area contributed by atoms with E-state index in [4.69, 9.17) is 4.74 Å². The number of aryl methyl sites for hydroxylation is 2. The number of nitrogens with one attached hydrogen (secondary N) is 2. The lowest BCUT2D eigenvalue weighted by molar-refractivity contribution is 0.415. The summed E-state index contributed by atoms with van der Waals surface area (Å²) in [5.41, 5.74) is 2.34. The van der Waals surface area contributed by atoms with Crippen LogP contribution in [0, 0.1) is 13.8 Å². The standard InChI is InChI=1S/C21H26N4OS/c1-14-15(2)27-20(25-14)9-10-23-21(22-3)24-13-16-5-6-18-12-19(26-4)8-7-17(18)11-16/h5-8,11-12H,9-10,13H2,1-4H3,(H2,22,23,24). The molecule has 0 aliphatic heterocycles. The van der Waals surface area contributed by atoms with Crippen molar-refractivity contribution < 1.29 is 4.74 Å². The largest absolute Gasteiger partial charge is 0.497 e. The lowest BCUT2D eigenvalue weighted by Gasteiger charge is -2.12. The highest BCUT2D eigenvalue weighted by Crippen LogP contribution is 2.21. The predicted octanol–water partition coefficient (Wildman–Crippen LogP) is 3.83.